The molecular formula is C18H20ClN5O3. The van der Waals surface area contributed by atoms with Gasteiger partial charge in [-0.15, -0.1) is 11.6 Å². The van der Waals surface area contributed by atoms with Crippen LogP contribution in [0.3, 0.4) is 0 Å². The van der Waals surface area contributed by atoms with Gasteiger partial charge in [0.2, 0.25) is 11.9 Å². The summed E-state index contributed by atoms with van der Waals surface area (Å²) in [6, 6.07) is 6.64. The summed E-state index contributed by atoms with van der Waals surface area (Å²) in [6.07, 6.45) is 3.91. The number of carbonyl (C=O) groups is 1. The molecule has 0 aliphatic heterocycles. The maximum Gasteiger partial charge on any atom is 0.252 e. The van der Waals surface area contributed by atoms with Crippen LogP contribution < -0.4 is 10.9 Å². The topological polar surface area (TPSA) is 106 Å². The van der Waals surface area contributed by atoms with Gasteiger partial charge in [-0.2, -0.15) is 9.78 Å². The summed E-state index contributed by atoms with van der Waals surface area (Å²) in [4.78, 5) is 31.3. The molecule has 3 rings (SSSR count). The Kier molecular flexibility index (Phi) is 6.08. The van der Waals surface area contributed by atoms with Crippen LogP contribution in [0.2, 0.25) is 0 Å². The molecular weight excluding hydrogens is 370 g/mol. The minimum absolute atomic E-state index is 0.199. The molecule has 0 radical (unpaired) electrons. The summed E-state index contributed by atoms with van der Waals surface area (Å²) in [5.74, 6) is 1.36. The molecule has 0 aliphatic rings. The molecule has 2 N–H and O–H groups in total. The van der Waals surface area contributed by atoms with Crippen molar-refractivity contribution >= 4 is 23.3 Å². The monoisotopic (exact) mass is 389 g/mol. The second-order valence-electron chi connectivity index (χ2n) is 5.95. The van der Waals surface area contributed by atoms with Crippen molar-refractivity contribution in [3.05, 3.63) is 46.6 Å². The molecule has 142 valence electrons. The molecule has 0 aliphatic carbocycles. The van der Waals surface area contributed by atoms with E-state index in [4.69, 9.17) is 16.0 Å². The van der Waals surface area contributed by atoms with E-state index < -0.39 is 0 Å². The zero-order valence-corrected chi connectivity index (χ0v) is 15.6. The highest BCUT2D eigenvalue weighted by molar-refractivity contribution is 6.18. The van der Waals surface area contributed by atoms with Crippen LogP contribution >= 0.6 is 11.6 Å². The zero-order valence-electron chi connectivity index (χ0n) is 14.9. The highest BCUT2D eigenvalue weighted by atomic mass is 35.5. The molecule has 0 saturated heterocycles. The normalized spacial score (nSPS) is 10.9. The lowest BCUT2D eigenvalue weighted by Gasteiger charge is -2.08. The first-order valence-corrected chi connectivity index (χ1v) is 9.24. The van der Waals surface area contributed by atoms with E-state index in [0.717, 1.165) is 6.42 Å². The van der Waals surface area contributed by atoms with Crippen LogP contribution in [0.15, 0.2) is 39.7 Å². The second kappa shape index (κ2) is 8.68. The van der Waals surface area contributed by atoms with Gasteiger partial charge in [-0.1, -0.05) is 13.3 Å². The number of alkyl halides is 1. The molecule has 27 heavy (non-hydrogen) atoms. The molecule has 0 spiro atoms. The van der Waals surface area contributed by atoms with Crippen LogP contribution in [0.1, 0.15) is 31.9 Å². The van der Waals surface area contributed by atoms with Gasteiger partial charge in [0, 0.05) is 30.1 Å². The molecule has 0 fully saturated rings. The van der Waals surface area contributed by atoms with Crippen molar-refractivity contribution in [3.63, 3.8) is 0 Å². The van der Waals surface area contributed by atoms with Gasteiger partial charge < -0.3 is 9.73 Å². The van der Waals surface area contributed by atoms with Gasteiger partial charge in [0.05, 0.1) is 6.26 Å². The standard InChI is InChI=1S/C18H20ClN5O3/c1-2-5-12-10-17(26)22-18(20-12)24-15(21-16(25)7-3-8-19)11-13(23-24)14-6-4-9-27-14/h4,6,9-11H,2-3,5,7-8H2,1H3,(H,21,25)(H,20,22,26). The largest absolute Gasteiger partial charge is 0.463 e. The molecule has 9 heteroatoms. The first-order chi connectivity index (χ1) is 13.1. The number of aromatic nitrogens is 4. The van der Waals surface area contributed by atoms with Crippen LogP contribution in [0.25, 0.3) is 17.4 Å². The Hall–Kier alpha value is -2.87. The average Bonchev–Trinajstić information content (AvgIpc) is 3.29. The van der Waals surface area contributed by atoms with E-state index in [9.17, 15) is 9.59 Å². The van der Waals surface area contributed by atoms with E-state index in [1.807, 2.05) is 6.92 Å². The number of amides is 1. The van der Waals surface area contributed by atoms with Crippen molar-refractivity contribution in [1.29, 1.82) is 0 Å². The molecule has 1 amide bonds. The summed E-state index contributed by atoms with van der Waals surface area (Å²) < 4.78 is 6.78. The van der Waals surface area contributed by atoms with E-state index in [0.29, 0.717) is 41.7 Å². The summed E-state index contributed by atoms with van der Waals surface area (Å²) >= 11 is 5.65. The first-order valence-electron chi connectivity index (χ1n) is 8.71. The van der Waals surface area contributed by atoms with Crippen molar-refractivity contribution in [2.45, 2.75) is 32.6 Å². The molecule has 0 bridgehead atoms. The number of furan rings is 1. The Morgan fingerprint density at radius 3 is 2.96 bits per heavy atom. The highest BCUT2D eigenvalue weighted by Crippen LogP contribution is 2.24. The third kappa shape index (κ3) is 4.65. The van der Waals surface area contributed by atoms with Crippen molar-refractivity contribution in [2.75, 3.05) is 11.2 Å². The van der Waals surface area contributed by atoms with Gasteiger partial charge in [-0.05, 0) is 25.0 Å². The predicted octanol–water partition coefficient (Wildman–Crippen LogP) is 3.13. The quantitative estimate of drug-likeness (QED) is 0.576. The Morgan fingerprint density at radius 2 is 2.26 bits per heavy atom. The first kappa shape index (κ1) is 18.9. The Balaban J connectivity index is 2.02. The summed E-state index contributed by atoms with van der Waals surface area (Å²) in [5, 5.41) is 7.24. The minimum atomic E-state index is -0.280. The average molecular weight is 390 g/mol. The van der Waals surface area contributed by atoms with E-state index >= 15 is 0 Å². The lowest BCUT2D eigenvalue weighted by atomic mass is 10.2. The highest BCUT2D eigenvalue weighted by Gasteiger charge is 2.17. The molecule has 3 heterocycles. The number of hydrogen-bond acceptors (Lipinski definition) is 5. The lowest BCUT2D eigenvalue weighted by molar-refractivity contribution is -0.116. The molecule has 3 aromatic heterocycles. The molecule has 0 atom stereocenters. The van der Waals surface area contributed by atoms with Crippen molar-refractivity contribution in [3.8, 4) is 17.4 Å². The van der Waals surface area contributed by atoms with Crippen LogP contribution in [-0.2, 0) is 11.2 Å². The maximum absolute atomic E-state index is 12.2. The molecule has 0 saturated carbocycles. The number of H-pyrrole nitrogens is 1. The van der Waals surface area contributed by atoms with Crippen LogP contribution in [0.4, 0.5) is 5.82 Å². The number of rotatable bonds is 8. The van der Waals surface area contributed by atoms with E-state index in [-0.39, 0.29) is 23.8 Å². The van der Waals surface area contributed by atoms with Gasteiger partial charge in [0.1, 0.15) is 11.5 Å². The number of halogens is 1. The zero-order chi connectivity index (χ0) is 19.2. The smallest absolute Gasteiger partial charge is 0.252 e. The van der Waals surface area contributed by atoms with Gasteiger partial charge in [-0.25, -0.2) is 4.98 Å². The number of aryl methyl sites for hydroxylation is 1. The fourth-order valence-electron chi connectivity index (χ4n) is 2.59. The van der Waals surface area contributed by atoms with Crippen molar-refractivity contribution < 1.29 is 9.21 Å². The van der Waals surface area contributed by atoms with E-state index in [1.54, 1.807) is 18.2 Å². The molecule has 0 aromatic carbocycles. The lowest BCUT2D eigenvalue weighted by Crippen LogP contribution is -2.19. The van der Waals surface area contributed by atoms with Crippen molar-refractivity contribution in [1.82, 2.24) is 19.7 Å². The van der Waals surface area contributed by atoms with Crippen molar-refractivity contribution in [2.24, 2.45) is 0 Å². The van der Waals surface area contributed by atoms with Gasteiger partial charge in [0.15, 0.2) is 5.76 Å². The third-order valence-electron chi connectivity index (χ3n) is 3.78. The second-order valence-corrected chi connectivity index (χ2v) is 6.33. The van der Waals surface area contributed by atoms with Crippen LogP contribution in [-0.4, -0.2) is 31.5 Å². The fraction of sp³-hybridized carbons (Fsp3) is 0.333. The number of aromatic amines is 1. The third-order valence-corrected chi connectivity index (χ3v) is 4.04. The van der Waals surface area contributed by atoms with E-state index in [2.05, 4.69) is 20.4 Å². The summed E-state index contributed by atoms with van der Waals surface area (Å²) in [6.45, 7) is 2.01. The molecule has 3 aromatic rings. The number of hydrogen-bond donors (Lipinski definition) is 2. The fourth-order valence-corrected chi connectivity index (χ4v) is 2.72. The van der Waals surface area contributed by atoms with E-state index in [1.165, 1.54) is 17.0 Å². The van der Waals surface area contributed by atoms with Gasteiger partial charge >= 0.3 is 0 Å². The number of carbonyl (C=O) groups excluding carboxylic acids is 1. The van der Waals surface area contributed by atoms with Gasteiger partial charge in [-0.3, -0.25) is 14.6 Å². The maximum atomic E-state index is 12.2. The molecule has 8 nitrogen and oxygen atoms in total. The Labute approximate surface area is 160 Å². The Bertz CT molecular complexity index is 962. The molecule has 0 unspecified atom stereocenters. The van der Waals surface area contributed by atoms with Gasteiger partial charge in [0.25, 0.3) is 5.56 Å². The number of nitrogens with zero attached hydrogens (tertiary/aromatic N) is 3. The number of anilines is 1. The summed E-state index contributed by atoms with van der Waals surface area (Å²) in [5.41, 5.74) is 0.889. The SMILES string of the molecule is CCCc1cc(=O)[nH]c(-n2nc(-c3ccco3)cc2NC(=O)CCCCl)n1. The Morgan fingerprint density at radius 1 is 1.41 bits per heavy atom. The van der Waals surface area contributed by atoms with Crippen LogP contribution in [0, 0.1) is 0 Å². The van der Waals surface area contributed by atoms with Crippen LogP contribution in [0.5, 0.6) is 0 Å². The minimum Gasteiger partial charge on any atom is -0.463 e. The predicted molar refractivity (Wildman–Crippen MR) is 102 cm³/mol. The number of nitrogens with one attached hydrogen (secondary N) is 2. The summed E-state index contributed by atoms with van der Waals surface area (Å²) in [7, 11) is 0.